The Balaban J connectivity index is 1.83. The van der Waals surface area contributed by atoms with Gasteiger partial charge in [0.05, 0.1) is 31.7 Å². The number of ether oxygens (including phenoxy) is 1. The topological polar surface area (TPSA) is 111 Å². The van der Waals surface area contributed by atoms with E-state index in [-0.39, 0.29) is 28.8 Å². The molecule has 1 amide bonds. The number of thioether (sulfide) groups is 1. The number of aliphatic hydroxyl groups is 1. The zero-order valence-electron chi connectivity index (χ0n) is 13.7. The van der Waals surface area contributed by atoms with Gasteiger partial charge in [-0.25, -0.2) is 9.79 Å². The molecule has 3 aliphatic heterocycles. The highest BCUT2D eigenvalue weighted by atomic mass is 32.2. The van der Waals surface area contributed by atoms with Crippen LogP contribution >= 0.6 is 11.8 Å². The van der Waals surface area contributed by atoms with Gasteiger partial charge in [0.15, 0.2) is 0 Å². The van der Waals surface area contributed by atoms with Crippen molar-refractivity contribution in [2.45, 2.75) is 31.2 Å². The molecule has 3 heterocycles. The molecule has 8 nitrogen and oxygen atoms in total. The molecule has 132 valence electrons. The number of aliphatic imine (C=N–C) groups is 1. The van der Waals surface area contributed by atoms with E-state index < -0.39 is 18.0 Å². The molecule has 0 radical (unpaired) electrons. The Morgan fingerprint density at radius 3 is 2.75 bits per heavy atom. The summed E-state index contributed by atoms with van der Waals surface area (Å²) in [6, 6.07) is 0.201. The van der Waals surface area contributed by atoms with Gasteiger partial charge in [0.1, 0.15) is 5.70 Å². The first-order chi connectivity index (χ1) is 11.4. The maximum Gasteiger partial charge on any atom is 0.353 e. The third-order valence-electron chi connectivity index (χ3n) is 4.72. The number of nitrogens with one attached hydrogen (secondary N) is 1. The number of nitrogens with zero attached hydrogens (tertiary/aromatic N) is 2. The molecule has 0 aromatic rings. The van der Waals surface area contributed by atoms with Crippen LogP contribution in [-0.4, -0.2) is 70.6 Å². The van der Waals surface area contributed by atoms with Crippen molar-refractivity contribution in [2.75, 3.05) is 20.2 Å². The fourth-order valence-corrected chi connectivity index (χ4v) is 4.91. The SMILES string of the molecule is COC1=NCC(SC2=C(C(=O)O)N3C(=O)[C@H]([C@@H](C)O)[C@H]3[C@H]2C)CN1. The Morgan fingerprint density at radius 1 is 1.54 bits per heavy atom. The lowest BCUT2D eigenvalue weighted by molar-refractivity contribution is -0.163. The number of fused-ring (bicyclic) bond motifs is 1. The minimum atomic E-state index is -1.10. The monoisotopic (exact) mass is 355 g/mol. The predicted molar refractivity (Wildman–Crippen MR) is 88.3 cm³/mol. The largest absolute Gasteiger partial charge is 0.477 e. The standard InChI is InChI=1S/C15H21N3O5S/c1-6-10-9(7(2)19)13(20)18(10)11(14(21)22)12(6)24-8-4-16-15(23-3)17-5-8/h6-10,19H,4-5H2,1-3H3,(H,16,17)(H,21,22)/t6-,7-,9-,10-/m1/s1. The van der Waals surface area contributed by atoms with Crippen molar-refractivity contribution in [1.29, 1.82) is 0 Å². The minimum Gasteiger partial charge on any atom is -0.477 e. The maximum atomic E-state index is 12.3. The first-order valence-corrected chi connectivity index (χ1v) is 8.72. The number of aliphatic carboxylic acids is 1. The van der Waals surface area contributed by atoms with E-state index in [2.05, 4.69) is 10.3 Å². The van der Waals surface area contributed by atoms with Crippen LogP contribution in [0.3, 0.4) is 0 Å². The summed E-state index contributed by atoms with van der Waals surface area (Å²) >= 11 is 1.45. The zero-order chi connectivity index (χ0) is 17.6. The highest BCUT2D eigenvalue weighted by Gasteiger charge is 2.60. The molecule has 9 heteroatoms. The number of amidine groups is 1. The molecular formula is C15H21N3O5S. The molecule has 0 saturated carbocycles. The number of β-lactam (4-membered cyclic amide) rings is 1. The quantitative estimate of drug-likeness (QED) is 0.601. The van der Waals surface area contributed by atoms with Crippen LogP contribution in [0.1, 0.15) is 13.8 Å². The fourth-order valence-electron chi connectivity index (χ4n) is 3.58. The number of rotatable bonds is 4. The van der Waals surface area contributed by atoms with E-state index in [1.807, 2.05) is 6.92 Å². The summed E-state index contributed by atoms with van der Waals surface area (Å²) < 4.78 is 5.03. The number of carbonyl (C=O) groups is 2. The van der Waals surface area contributed by atoms with Crippen LogP contribution in [0.4, 0.5) is 0 Å². The Kier molecular flexibility index (Phi) is 4.48. The Morgan fingerprint density at radius 2 is 2.25 bits per heavy atom. The second kappa shape index (κ2) is 6.29. The van der Waals surface area contributed by atoms with Gasteiger partial charge in [-0.15, -0.1) is 11.8 Å². The first kappa shape index (κ1) is 17.1. The predicted octanol–water partition coefficient (Wildman–Crippen LogP) is -0.152. The van der Waals surface area contributed by atoms with Gasteiger partial charge in [-0.2, -0.15) is 0 Å². The van der Waals surface area contributed by atoms with E-state index in [9.17, 15) is 19.8 Å². The molecule has 1 unspecified atom stereocenters. The summed E-state index contributed by atoms with van der Waals surface area (Å²) in [5, 5.41) is 22.5. The van der Waals surface area contributed by atoms with Gasteiger partial charge in [-0.1, -0.05) is 6.92 Å². The van der Waals surface area contributed by atoms with E-state index in [0.717, 1.165) is 0 Å². The molecule has 1 fully saturated rings. The lowest BCUT2D eigenvalue weighted by Crippen LogP contribution is -2.63. The van der Waals surface area contributed by atoms with Crippen molar-refractivity contribution in [3.8, 4) is 0 Å². The summed E-state index contributed by atoms with van der Waals surface area (Å²) in [5.74, 6) is -2.06. The average Bonchev–Trinajstić information content (AvgIpc) is 2.77. The number of carboxylic acid groups (broad SMARTS) is 1. The van der Waals surface area contributed by atoms with Gasteiger partial charge < -0.3 is 25.2 Å². The Hall–Kier alpha value is -1.74. The number of amides is 1. The normalized spacial score (nSPS) is 33.4. The van der Waals surface area contributed by atoms with Crippen LogP contribution in [0.25, 0.3) is 0 Å². The number of methoxy groups -OCH3 is 1. The molecule has 0 aromatic heterocycles. The summed E-state index contributed by atoms with van der Waals surface area (Å²) in [5.41, 5.74) is 0.0564. The van der Waals surface area contributed by atoms with Crippen molar-refractivity contribution in [3.63, 3.8) is 0 Å². The third-order valence-corrected chi connectivity index (χ3v) is 6.19. The van der Waals surface area contributed by atoms with Gasteiger partial charge >= 0.3 is 5.97 Å². The van der Waals surface area contributed by atoms with Crippen molar-refractivity contribution >= 4 is 29.7 Å². The van der Waals surface area contributed by atoms with Crippen LogP contribution in [0.15, 0.2) is 15.6 Å². The fraction of sp³-hybridized carbons (Fsp3) is 0.667. The molecular weight excluding hydrogens is 334 g/mol. The number of hydrogen-bond donors (Lipinski definition) is 3. The van der Waals surface area contributed by atoms with Gasteiger partial charge in [-0.3, -0.25) is 4.79 Å². The van der Waals surface area contributed by atoms with Crippen LogP contribution in [0, 0.1) is 11.8 Å². The Bertz CT molecular complexity index is 633. The minimum absolute atomic E-state index is 0.0564. The zero-order valence-corrected chi connectivity index (χ0v) is 14.5. The molecule has 0 aliphatic carbocycles. The molecule has 24 heavy (non-hydrogen) atoms. The van der Waals surface area contributed by atoms with E-state index in [1.54, 1.807) is 6.92 Å². The van der Waals surface area contributed by atoms with Gasteiger partial charge in [0.25, 0.3) is 6.02 Å². The Labute approximate surface area is 143 Å². The number of carboxylic acids is 1. The third kappa shape index (κ3) is 2.55. The van der Waals surface area contributed by atoms with Crippen molar-refractivity contribution in [2.24, 2.45) is 16.8 Å². The molecule has 0 spiro atoms. The highest BCUT2D eigenvalue weighted by molar-refractivity contribution is 8.03. The lowest BCUT2D eigenvalue weighted by Gasteiger charge is -2.46. The first-order valence-electron chi connectivity index (χ1n) is 7.84. The summed E-state index contributed by atoms with van der Waals surface area (Å²) in [4.78, 5) is 30.3. The maximum absolute atomic E-state index is 12.3. The van der Waals surface area contributed by atoms with Crippen LogP contribution < -0.4 is 5.32 Å². The summed E-state index contributed by atoms with van der Waals surface area (Å²) in [6.07, 6.45) is -0.786. The molecule has 0 aromatic carbocycles. The van der Waals surface area contributed by atoms with Crippen LogP contribution in [0.5, 0.6) is 0 Å². The summed E-state index contributed by atoms with van der Waals surface area (Å²) in [7, 11) is 1.54. The second-order valence-corrected chi connectivity index (χ2v) is 7.58. The van der Waals surface area contributed by atoms with Crippen LogP contribution in [-0.2, 0) is 14.3 Å². The number of carbonyl (C=O) groups excluding carboxylic acids is 1. The van der Waals surface area contributed by atoms with E-state index in [1.165, 1.54) is 23.8 Å². The van der Waals surface area contributed by atoms with Gasteiger partial charge in [0.2, 0.25) is 5.91 Å². The molecule has 3 aliphatic rings. The molecule has 0 bridgehead atoms. The van der Waals surface area contributed by atoms with Gasteiger partial charge in [-0.05, 0) is 6.92 Å². The van der Waals surface area contributed by atoms with Crippen LogP contribution in [0.2, 0.25) is 0 Å². The number of hydrogen-bond acceptors (Lipinski definition) is 7. The summed E-state index contributed by atoms with van der Waals surface area (Å²) in [6.45, 7) is 4.61. The molecule has 5 atom stereocenters. The van der Waals surface area contributed by atoms with E-state index in [0.29, 0.717) is 24.0 Å². The van der Waals surface area contributed by atoms with E-state index in [4.69, 9.17) is 4.74 Å². The molecule has 1 saturated heterocycles. The van der Waals surface area contributed by atoms with E-state index >= 15 is 0 Å². The average molecular weight is 355 g/mol. The molecule has 3 rings (SSSR count). The highest BCUT2D eigenvalue weighted by Crippen LogP contribution is 2.51. The second-order valence-electron chi connectivity index (χ2n) is 6.24. The van der Waals surface area contributed by atoms with Crippen molar-refractivity contribution in [3.05, 3.63) is 10.6 Å². The lowest BCUT2D eigenvalue weighted by atomic mass is 9.79. The smallest absolute Gasteiger partial charge is 0.353 e. The number of aliphatic hydroxyl groups excluding tert-OH is 1. The van der Waals surface area contributed by atoms with Crippen molar-refractivity contribution < 1.29 is 24.5 Å². The van der Waals surface area contributed by atoms with Gasteiger partial charge in [0, 0.05) is 22.6 Å². The van der Waals surface area contributed by atoms with Crippen molar-refractivity contribution in [1.82, 2.24) is 10.2 Å². The molecule has 3 N–H and O–H groups in total.